The Morgan fingerprint density at radius 3 is 2.32 bits per heavy atom. The number of thiazole rings is 1. The van der Waals surface area contributed by atoms with Crippen LogP contribution < -0.4 is 4.74 Å². The summed E-state index contributed by atoms with van der Waals surface area (Å²) in [7, 11) is 0. The molecule has 0 bridgehead atoms. The highest BCUT2D eigenvalue weighted by Crippen LogP contribution is 2.26. The van der Waals surface area contributed by atoms with E-state index >= 15 is 0 Å². The zero-order valence-electron chi connectivity index (χ0n) is 19.0. The summed E-state index contributed by atoms with van der Waals surface area (Å²) in [6, 6.07) is 7.12. The van der Waals surface area contributed by atoms with Gasteiger partial charge in [0.1, 0.15) is 5.75 Å². The molecule has 6 nitrogen and oxygen atoms in total. The standard InChI is InChI=1S/C24H33N3O3S/c1-5-30-20-8-6-18(7-9-20)21(28)10-11-22(29)27-14-12-26(13-15-27)16-19-17-31-23(25-19)24(2,3)4/h6-9,17H,5,10-16H2,1-4H3. The van der Waals surface area contributed by atoms with Gasteiger partial charge in [0.2, 0.25) is 5.91 Å². The molecule has 31 heavy (non-hydrogen) atoms. The number of aromatic nitrogens is 1. The molecule has 1 aliphatic rings. The highest BCUT2D eigenvalue weighted by Gasteiger charge is 2.23. The lowest BCUT2D eigenvalue weighted by Gasteiger charge is -2.34. The number of benzene rings is 1. The Balaban J connectivity index is 1.41. The normalized spacial score (nSPS) is 15.2. The second-order valence-corrected chi connectivity index (χ2v) is 9.79. The van der Waals surface area contributed by atoms with E-state index in [0.29, 0.717) is 25.3 Å². The van der Waals surface area contributed by atoms with E-state index in [1.54, 1.807) is 35.6 Å². The number of hydrogen-bond acceptors (Lipinski definition) is 6. The fourth-order valence-electron chi connectivity index (χ4n) is 3.54. The molecule has 1 fully saturated rings. The van der Waals surface area contributed by atoms with Gasteiger partial charge in [0.05, 0.1) is 17.3 Å². The third-order valence-electron chi connectivity index (χ3n) is 5.36. The molecule has 7 heteroatoms. The Bertz CT molecular complexity index is 878. The third kappa shape index (κ3) is 6.61. The smallest absolute Gasteiger partial charge is 0.223 e. The summed E-state index contributed by atoms with van der Waals surface area (Å²) in [6.45, 7) is 13.0. The Labute approximate surface area is 189 Å². The van der Waals surface area contributed by atoms with E-state index in [0.717, 1.165) is 36.1 Å². The maximum absolute atomic E-state index is 12.6. The fraction of sp³-hybridized carbons (Fsp3) is 0.542. The van der Waals surface area contributed by atoms with E-state index in [4.69, 9.17) is 9.72 Å². The molecule has 1 aromatic heterocycles. The number of nitrogens with zero attached hydrogens (tertiary/aromatic N) is 3. The first-order valence-electron chi connectivity index (χ1n) is 11.0. The molecule has 0 atom stereocenters. The van der Waals surface area contributed by atoms with Crippen LogP contribution in [0.3, 0.4) is 0 Å². The highest BCUT2D eigenvalue weighted by atomic mass is 32.1. The number of ether oxygens (including phenoxy) is 1. The van der Waals surface area contributed by atoms with Crippen LogP contribution in [0.25, 0.3) is 0 Å². The monoisotopic (exact) mass is 443 g/mol. The van der Waals surface area contributed by atoms with Crippen molar-refractivity contribution < 1.29 is 14.3 Å². The third-order valence-corrected chi connectivity index (χ3v) is 6.67. The summed E-state index contributed by atoms with van der Waals surface area (Å²) in [4.78, 5) is 34.0. The largest absolute Gasteiger partial charge is 0.494 e. The van der Waals surface area contributed by atoms with Crippen LogP contribution in [0.1, 0.15) is 61.6 Å². The van der Waals surface area contributed by atoms with Gasteiger partial charge in [0, 0.05) is 61.9 Å². The number of rotatable bonds is 8. The minimum absolute atomic E-state index is 0.00628. The van der Waals surface area contributed by atoms with Gasteiger partial charge in [-0.05, 0) is 31.2 Å². The molecule has 0 unspecified atom stereocenters. The lowest BCUT2D eigenvalue weighted by atomic mass is 9.98. The van der Waals surface area contributed by atoms with Crippen LogP contribution in [-0.4, -0.2) is 59.3 Å². The molecule has 168 valence electrons. The predicted molar refractivity (Wildman–Crippen MR) is 124 cm³/mol. The van der Waals surface area contributed by atoms with Crippen LogP contribution in [0, 0.1) is 0 Å². The van der Waals surface area contributed by atoms with E-state index in [2.05, 4.69) is 31.1 Å². The van der Waals surface area contributed by atoms with E-state index in [9.17, 15) is 9.59 Å². The molecule has 1 amide bonds. The SMILES string of the molecule is CCOc1ccc(C(=O)CCC(=O)N2CCN(Cc3csc(C(C)(C)C)n3)CC2)cc1. The van der Waals surface area contributed by atoms with Crippen LogP contribution in [0.15, 0.2) is 29.6 Å². The molecule has 1 aliphatic heterocycles. The molecular formula is C24H33N3O3S. The molecule has 0 radical (unpaired) electrons. The molecule has 0 spiro atoms. The van der Waals surface area contributed by atoms with Gasteiger partial charge in [-0.2, -0.15) is 0 Å². The zero-order chi connectivity index (χ0) is 22.4. The van der Waals surface area contributed by atoms with Gasteiger partial charge in [-0.25, -0.2) is 4.98 Å². The van der Waals surface area contributed by atoms with Gasteiger partial charge in [-0.3, -0.25) is 14.5 Å². The summed E-state index contributed by atoms with van der Waals surface area (Å²) in [5.41, 5.74) is 1.81. The molecule has 3 rings (SSSR count). The number of piperazine rings is 1. The van der Waals surface area contributed by atoms with Crippen molar-refractivity contribution >= 4 is 23.0 Å². The number of carbonyl (C=O) groups is 2. The predicted octanol–water partition coefficient (Wildman–Crippen LogP) is 4.15. The molecular weight excluding hydrogens is 410 g/mol. The second kappa shape index (κ2) is 10.4. The van der Waals surface area contributed by atoms with Crippen LogP contribution >= 0.6 is 11.3 Å². The number of carbonyl (C=O) groups excluding carboxylic acids is 2. The molecule has 0 N–H and O–H groups in total. The van der Waals surface area contributed by atoms with Gasteiger partial charge >= 0.3 is 0 Å². The van der Waals surface area contributed by atoms with Crippen LogP contribution in [0.4, 0.5) is 0 Å². The topological polar surface area (TPSA) is 62.7 Å². The van der Waals surface area contributed by atoms with Crippen molar-refractivity contribution in [1.29, 1.82) is 0 Å². The lowest BCUT2D eigenvalue weighted by Crippen LogP contribution is -2.48. The van der Waals surface area contributed by atoms with Gasteiger partial charge in [-0.15, -0.1) is 11.3 Å². The first-order valence-corrected chi connectivity index (χ1v) is 11.9. The number of amides is 1. The highest BCUT2D eigenvalue weighted by molar-refractivity contribution is 7.09. The van der Waals surface area contributed by atoms with Gasteiger partial charge in [0.15, 0.2) is 5.78 Å². The van der Waals surface area contributed by atoms with Crippen molar-refractivity contribution in [1.82, 2.24) is 14.8 Å². The average molecular weight is 444 g/mol. The second-order valence-electron chi connectivity index (χ2n) is 8.93. The number of hydrogen-bond donors (Lipinski definition) is 0. The number of ketones is 1. The zero-order valence-corrected chi connectivity index (χ0v) is 19.8. The summed E-state index contributed by atoms with van der Waals surface area (Å²) >= 11 is 1.72. The summed E-state index contributed by atoms with van der Waals surface area (Å²) in [5, 5.41) is 3.30. The average Bonchev–Trinajstić information content (AvgIpc) is 3.22. The Morgan fingerprint density at radius 1 is 1.06 bits per heavy atom. The molecule has 1 saturated heterocycles. The Morgan fingerprint density at radius 2 is 1.74 bits per heavy atom. The Kier molecular flexibility index (Phi) is 7.84. The molecule has 1 aromatic carbocycles. The molecule has 2 aromatic rings. The first kappa shape index (κ1) is 23.4. The van der Waals surface area contributed by atoms with E-state index in [1.165, 1.54) is 0 Å². The van der Waals surface area contributed by atoms with Crippen molar-refractivity contribution in [2.24, 2.45) is 0 Å². The van der Waals surface area contributed by atoms with Crippen LogP contribution in [0.2, 0.25) is 0 Å². The van der Waals surface area contributed by atoms with Gasteiger partial charge in [-0.1, -0.05) is 20.8 Å². The maximum Gasteiger partial charge on any atom is 0.223 e. The van der Waals surface area contributed by atoms with Gasteiger partial charge in [0.25, 0.3) is 0 Å². The van der Waals surface area contributed by atoms with E-state index < -0.39 is 0 Å². The quantitative estimate of drug-likeness (QED) is 0.574. The van der Waals surface area contributed by atoms with Crippen molar-refractivity contribution in [3.05, 3.63) is 45.9 Å². The molecule has 0 saturated carbocycles. The molecule has 2 heterocycles. The van der Waals surface area contributed by atoms with Gasteiger partial charge < -0.3 is 9.64 Å². The fourth-order valence-corrected chi connectivity index (χ4v) is 4.43. The van der Waals surface area contributed by atoms with E-state index in [-0.39, 0.29) is 29.9 Å². The molecule has 0 aliphatic carbocycles. The van der Waals surface area contributed by atoms with Crippen LogP contribution in [-0.2, 0) is 16.8 Å². The summed E-state index contributed by atoms with van der Waals surface area (Å²) in [5.74, 6) is 0.802. The lowest BCUT2D eigenvalue weighted by molar-refractivity contribution is -0.133. The van der Waals surface area contributed by atoms with Crippen molar-refractivity contribution in [2.75, 3.05) is 32.8 Å². The maximum atomic E-state index is 12.6. The Hall–Kier alpha value is -2.25. The van der Waals surface area contributed by atoms with Crippen molar-refractivity contribution in [3.63, 3.8) is 0 Å². The van der Waals surface area contributed by atoms with Crippen molar-refractivity contribution in [3.8, 4) is 5.75 Å². The van der Waals surface area contributed by atoms with Crippen molar-refractivity contribution in [2.45, 2.75) is 52.5 Å². The first-order chi connectivity index (χ1) is 14.8. The minimum atomic E-state index is -0.00628. The van der Waals surface area contributed by atoms with E-state index in [1.807, 2.05) is 11.8 Å². The minimum Gasteiger partial charge on any atom is -0.494 e. The summed E-state index contributed by atoms with van der Waals surface area (Å²) < 4.78 is 5.40. The number of Topliss-reactive ketones (excluding diaryl/α,β-unsaturated/α-hetero) is 1. The summed E-state index contributed by atoms with van der Waals surface area (Å²) in [6.07, 6.45) is 0.495. The van der Waals surface area contributed by atoms with Crippen LogP contribution in [0.5, 0.6) is 5.75 Å².